The van der Waals surface area contributed by atoms with Crippen molar-refractivity contribution in [2.45, 2.75) is 0 Å². The van der Waals surface area contributed by atoms with Crippen molar-refractivity contribution in [3.63, 3.8) is 0 Å². The number of nitrogens with zero attached hydrogens (tertiary/aromatic N) is 4. The van der Waals surface area contributed by atoms with Crippen molar-refractivity contribution in [1.29, 1.82) is 0 Å². The molecule has 0 bridgehead atoms. The molecule has 7 nitrogen and oxygen atoms in total. The van der Waals surface area contributed by atoms with Crippen LogP contribution >= 0.6 is 23.2 Å². The van der Waals surface area contributed by atoms with E-state index >= 15 is 0 Å². The second kappa shape index (κ2) is 9.04. The molecule has 4 rings (SSSR count). The molecule has 0 saturated carbocycles. The van der Waals surface area contributed by atoms with E-state index in [1.807, 2.05) is 18.2 Å². The minimum Gasteiger partial charge on any atom is -0.482 e. The summed E-state index contributed by atoms with van der Waals surface area (Å²) in [5.74, 6) is 0.843. The molecule has 1 aliphatic rings. The van der Waals surface area contributed by atoms with Crippen LogP contribution in [-0.2, 0) is 4.79 Å². The van der Waals surface area contributed by atoms with Gasteiger partial charge in [-0.2, -0.15) is 0 Å². The number of likely N-dealkylation sites (N-methyl/N-ethyl adjacent to an activating group) is 1. The highest BCUT2D eigenvalue weighted by molar-refractivity contribution is 6.35. The molecule has 1 aliphatic heterocycles. The van der Waals surface area contributed by atoms with E-state index in [1.165, 1.54) is 0 Å². The van der Waals surface area contributed by atoms with Crippen molar-refractivity contribution >= 4 is 51.6 Å². The number of hydrogen-bond acceptors (Lipinski definition) is 6. The Morgan fingerprint density at radius 3 is 2.70 bits per heavy atom. The third-order valence-corrected chi connectivity index (χ3v) is 5.42. The molecule has 1 saturated heterocycles. The molecule has 3 aromatic rings. The molecule has 0 unspecified atom stereocenters. The molecule has 1 N–H and O–H groups in total. The van der Waals surface area contributed by atoms with Gasteiger partial charge in [0.2, 0.25) is 5.95 Å². The smallest absolute Gasteiger partial charge is 0.262 e. The van der Waals surface area contributed by atoms with Gasteiger partial charge in [-0.05, 0) is 43.4 Å². The average Bonchev–Trinajstić information content (AvgIpc) is 2.73. The number of aromatic nitrogens is 2. The number of rotatable bonds is 5. The van der Waals surface area contributed by atoms with Crippen molar-refractivity contribution in [3.05, 3.63) is 52.6 Å². The fourth-order valence-electron chi connectivity index (χ4n) is 3.19. The lowest BCUT2D eigenvalue weighted by atomic mass is 10.2. The minimum atomic E-state index is -0.296. The molecule has 0 atom stereocenters. The molecule has 1 amide bonds. The fourth-order valence-corrected chi connectivity index (χ4v) is 3.66. The molecular weight excluding hydrogens is 425 g/mol. The van der Waals surface area contributed by atoms with Gasteiger partial charge in [-0.1, -0.05) is 23.2 Å². The summed E-state index contributed by atoms with van der Waals surface area (Å²) in [6.45, 7) is 3.64. The summed E-state index contributed by atoms with van der Waals surface area (Å²) in [7, 11) is 2.11. The van der Waals surface area contributed by atoms with Gasteiger partial charge >= 0.3 is 0 Å². The first-order valence-corrected chi connectivity index (χ1v) is 10.3. The molecule has 2 aromatic carbocycles. The van der Waals surface area contributed by atoms with Crippen LogP contribution in [0, 0.1) is 0 Å². The maximum atomic E-state index is 12.2. The first kappa shape index (κ1) is 20.7. The number of nitrogens with one attached hydrogen (secondary N) is 1. The summed E-state index contributed by atoms with van der Waals surface area (Å²) in [5, 5.41) is 4.53. The van der Waals surface area contributed by atoms with Gasteiger partial charge in [-0.25, -0.2) is 9.97 Å². The first-order valence-electron chi connectivity index (χ1n) is 9.56. The van der Waals surface area contributed by atoms with Gasteiger partial charge in [0.05, 0.1) is 10.5 Å². The van der Waals surface area contributed by atoms with Gasteiger partial charge in [0.15, 0.2) is 6.61 Å². The maximum Gasteiger partial charge on any atom is 0.262 e. The number of carbonyl (C=O) groups is 1. The van der Waals surface area contributed by atoms with Gasteiger partial charge in [-0.3, -0.25) is 4.79 Å². The van der Waals surface area contributed by atoms with Gasteiger partial charge < -0.3 is 19.9 Å². The largest absolute Gasteiger partial charge is 0.482 e. The van der Waals surface area contributed by atoms with E-state index in [0.717, 1.165) is 43.0 Å². The second-order valence-electron chi connectivity index (χ2n) is 7.15. The molecular formula is C21H21Cl2N5O2. The van der Waals surface area contributed by atoms with Gasteiger partial charge in [-0.15, -0.1) is 0 Å². The van der Waals surface area contributed by atoms with Crippen LogP contribution < -0.4 is 15.0 Å². The van der Waals surface area contributed by atoms with Crippen molar-refractivity contribution < 1.29 is 9.53 Å². The Hall–Kier alpha value is -2.61. The predicted octanol–water partition coefficient (Wildman–Crippen LogP) is 3.71. The Morgan fingerprint density at radius 1 is 1.13 bits per heavy atom. The third kappa shape index (κ3) is 4.92. The van der Waals surface area contributed by atoms with Crippen LogP contribution in [0.5, 0.6) is 5.75 Å². The molecule has 156 valence electrons. The fraction of sp³-hybridized carbons (Fsp3) is 0.286. The van der Waals surface area contributed by atoms with Crippen LogP contribution in [-0.4, -0.2) is 60.6 Å². The average molecular weight is 446 g/mol. The minimum absolute atomic E-state index is 0.168. The highest BCUT2D eigenvalue weighted by Gasteiger charge is 2.16. The lowest BCUT2D eigenvalue weighted by Gasteiger charge is -2.32. The normalized spacial score (nSPS) is 14.7. The van der Waals surface area contributed by atoms with Crippen molar-refractivity contribution in [3.8, 4) is 5.75 Å². The third-order valence-electron chi connectivity index (χ3n) is 4.89. The van der Waals surface area contributed by atoms with E-state index in [2.05, 4.69) is 32.1 Å². The number of piperazine rings is 1. The van der Waals surface area contributed by atoms with E-state index in [9.17, 15) is 4.79 Å². The van der Waals surface area contributed by atoms with E-state index in [4.69, 9.17) is 27.9 Å². The predicted molar refractivity (Wildman–Crippen MR) is 120 cm³/mol. The van der Waals surface area contributed by atoms with Gasteiger partial charge in [0, 0.05) is 48.5 Å². The Balaban J connectivity index is 1.39. The van der Waals surface area contributed by atoms with Crippen LogP contribution in [0.3, 0.4) is 0 Å². The van der Waals surface area contributed by atoms with Crippen LogP contribution in [0.25, 0.3) is 10.9 Å². The van der Waals surface area contributed by atoms with E-state index < -0.39 is 0 Å². The second-order valence-corrected chi connectivity index (χ2v) is 7.99. The monoisotopic (exact) mass is 445 g/mol. The summed E-state index contributed by atoms with van der Waals surface area (Å²) in [6, 6.07) is 10.4. The highest BCUT2D eigenvalue weighted by Crippen LogP contribution is 2.27. The summed E-state index contributed by atoms with van der Waals surface area (Å²) in [4.78, 5) is 25.9. The Kier molecular flexibility index (Phi) is 6.22. The highest BCUT2D eigenvalue weighted by atomic mass is 35.5. The Labute approximate surface area is 184 Å². The number of carbonyl (C=O) groups excluding carboxylic acids is 1. The van der Waals surface area contributed by atoms with Gasteiger partial charge in [0.1, 0.15) is 5.75 Å². The topological polar surface area (TPSA) is 70.6 Å². The zero-order valence-corrected chi connectivity index (χ0v) is 18.0. The lowest BCUT2D eigenvalue weighted by molar-refractivity contribution is -0.118. The number of amides is 1. The quantitative estimate of drug-likeness (QED) is 0.645. The molecule has 1 aromatic heterocycles. The zero-order valence-electron chi connectivity index (χ0n) is 16.4. The molecule has 9 heteroatoms. The number of halogens is 2. The lowest BCUT2D eigenvalue weighted by Crippen LogP contribution is -2.45. The van der Waals surface area contributed by atoms with Crippen LogP contribution in [0.4, 0.5) is 11.6 Å². The van der Waals surface area contributed by atoms with Crippen LogP contribution in [0.15, 0.2) is 42.6 Å². The summed E-state index contributed by atoms with van der Waals surface area (Å²) in [5.41, 5.74) is 1.48. The number of hydrogen-bond donors (Lipinski definition) is 1. The van der Waals surface area contributed by atoms with Crippen LogP contribution in [0.1, 0.15) is 0 Å². The summed E-state index contributed by atoms with van der Waals surface area (Å²) in [6.07, 6.45) is 1.79. The standard InChI is InChI=1S/C21H21Cl2N5O2/c1-27-6-8-28(9-7-27)21-24-12-14-10-16(3-4-18(14)26-21)25-20(29)13-30-19-5-2-15(22)11-17(19)23/h2-5,10-12H,6-9,13H2,1H3,(H,25,29). The molecule has 0 aliphatic carbocycles. The van der Waals surface area contributed by atoms with Crippen LogP contribution in [0.2, 0.25) is 10.0 Å². The number of fused-ring (bicyclic) bond motifs is 1. The van der Waals surface area contributed by atoms with Crippen molar-refractivity contribution in [1.82, 2.24) is 14.9 Å². The molecule has 0 radical (unpaired) electrons. The zero-order chi connectivity index (χ0) is 21.1. The number of ether oxygens (including phenoxy) is 1. The molecule has 0 spiro atoms. The molecule has 1 fully saturated rings. The van der Waals surface area contributed by atoms with Crippen molar-refractivity contribution in [2.24, 2.45) is 0 Å². The molecule has 2 heterocycles. The maximum absolute atomic E-state index is 12.2. The summed E-state index contributed by atoms with van der Waals surface area (Å²) < 4.78 is 5.47. The Bertz CT molecular complexity index is 1070. The SMILES string of the molecule is CN1CCN(c2ncc3cc(NC(=O)COc4ccc(Cl)cc4Cl)ccc3n2)CC1. The molecule has 30 heavy (non-hydrogen) atoms. The van der Waals surface area contributed by atoms with E-state index in [-0.39, 0.29) is 12.5 Å². The Morgan fingerprint density at radius 2 is 1.93 bits per heavy atom. The summed E-state index contributed by atoms with van der Waals surface area (Å²) >= 11 is 11.9. The first-order chi connectivity index (χ1) is 14.5. The number of anilines is 2. The van der Waals surface area contributed by atoms with E-state index in [1.54, 1.807) is 24.4 Å². The van der Waals surface area contributed by atoms with Crippen molar-refractivity contribution in [2.75, 3.05) is 50.1 Å². The number of benzene rings is 2. The van der Waals surface area contributed by atoms with E-state index in [0.29, 0.717) is 21.5 Å². The van der Waals surface area contributed by atoms with Gasteiger partial charge in [0.25, 0.3) is 5.91 Å².